The summed E-state index contributed by atoms with van der Waals surface area (Å²) < 4.78 is 14.7. The van der Waals surface area contributed by atoms with Crippen LogP contribution in [0.3, 0.4) is 0 Å². The molecule has 0 heterocycles. The average Bonchev–Trinajstić information content (AvgIpc) is 2.12. The highest BCUT2D eigenvalue weighted by molar-refractivity contribution is 7.32. The summed E-state index contributed by atoms with van der Waals surface area (Å²) in [6.07, 6.45) is 3.42. The Labute approximate surface area is 80.4 Å². The smallest absolute Gasteiger partial charge is 0.325 e. The topological polar surface area (TPSA) is 72.5 Å². The molecule has 0 amide bonds. The molecule has 0 aromatic heterocycles. The van der Waals surface area contributed by atoms with Gasteiger partial charge in [0.05, 0.1) is 0 Å². The van der Waals surface area contributed by atoms with E-state index in [2.05, 4.69) is 18.4 Å². The number of rotatable bonds is 7. The highest BCUT2D eigenvalue weighted by Gasteiger charge is 2.20. The van der Waals surface area contributed by atoms with Crippen molar-refractivity contribution in [3.63, 3.8) is 0 Å². The highest BCUT2D eigenvalue weighted by atomic mass is 31.1. The Hall–Kier alpha value is -0.0200. The van der Waals surface area contributed by atoms with Gasteiger partial charge in [-0.1, -0.05) is 13.8 Å². The standard InChI is InChI=1S/C8H18NO3P/c1-3-8(9,4-2)6-5-7-12-13(10)11/h3-7,9H2,1-2H3/p+1. The molecule has 0 rings (SSSR count). The maximum atomic E-state index is 10.2. The molecule has 4 nitrogen and oxygen atoms in total. The van der Waals surface area contributed by atoms with E-state index < -0.39 is 8.25 Å². The molecule has 1 atom stereocenters. The molecule has 1 unspecified atom stereocenters. The molecule has 0 aromatic carbocycles. The molecule has 3 N–H and O–H groups in total. The molecule has 0 aliphatic heterocycles. The van der Waals surface area contributed by atoms with Crippen LogP contribution >= 0.6 is 8.25 Å². The highest BCUT2D eigenvalue weighted by Crippen LogP contribution is 2.20. The minimum absolute atomic E-state index is 0.134. The van der Waals surface area contributed by atoms with E-state index in [0.29, 0.717) is 6.61 Å². The third kappa shape index (κ3) is 6.11. The second-order valence-electron chi connectivity index (χ2n) is 3.24. The summed E-state index contributed by atoms with van der Waals surface area (Å²) in [5.41, 5.74) is 5.89. The van der Waals surface area contributed by atoms with Crippen molar-refractivity contribution in [1.29, 1.82) is 0 Å². The Morgan fingerprint density at radius 2 is 2.00 bits per heavy atom. The lowest BCUT2D eigenvalue weighted by Crippen LogP contribution is -2.38. The summed E-state index contributed by atoms with van der Waals surface area (Å²) in [4.78, 5) is 8.35. The van der Waals surface area contributed by atoms with E-state index in [4.69, 9.17) is 10.6 Å². The fraction of sp³-hybridized carbons (Fsp3) is 1.00. The Morgan fingerprint density at radius 1 is 1.46 bits per heavy atom. The lowest BCUT2D eigenvalue weighted by molar-refractivity contribution is 0.253. The fourth-order valence-corrected chi connectivity index (χ4v) is 1.46. The van der Waals surface area contributed by atoms with Crippen LogP contribution in [-0.2, 0) is 9.09 Å². The van der Waals surface area contributed by atoms with Gasteiger partial charge in [-0.15, -0.1) is 9.42 Å². The van der Waals surface area contributed by atoms with E-state index >= 15 is 0 Å². The first-order valence-electron chi connectivity index (χ1n) is 4.62. The first-order chi connectivity index (χ1) is 6.04. The monoisotopic (exact) mass is 208 g/mol. The molecule has 0 aromatic rings. The fourth-order valence-electron chi connectivity index (χ4n) is 1.17. The largest absolute Gasteiger partial charge is 0.694 e. The van der Waals surface area contributed by atoms with Crippen LogP contribution in [0.2, 0.25) is 0 Å². The molecule has 0 spiro atoms. The van der Waals surface area contributed by atoms with Gasteiger partial charge in [0.15, 0.2) is 0 Å². The van der Waals surface area contributed by atoms with Gasteiger partial charge in [-0.3, -0.25) is 0 Å². The first kappa shape index (κ1) is 13.0. The summed E-state index contributed by atoms with van der Waals surface area (Å²) in [5, 5.41) is 0. The Bertz CT molecular complexity index is 159. The summed E-state index contributed by atoms with van der Waals surface area (Å²) in [5.74, 6) is 0. The van der Waals surface area contributed by atoms with E-state index in [1.165, 1.54) is 0 Å². The number of nitrogens with two attached hydrogens (primary N) is 1. The number of hydrogen-bond donors (Lipinski definition) is 2. The summed E-state index contributed by atoms with van der Waals surface area (Å²) in [6, 6.07) is 0. The van der Waals surface area contributed by atoms with Crippen molar-refractivity contribution in [3.05, 3.63) is 0 Å². The van der Waals surface area contributed by atoms with E-state index in [0.717, 1.165) is 25.7 Å². The van der Waals surface area contributed by atoms with Gasteiger partial charge in [-0.25, -0.2) is 0 Å². The van der Waals surface area contributed by atoms with Gasteiger partial charge >= 0.3 is 8.25 Å². The first-order valence-corrected chi connectivity index (χ1v) is 5.75. The van der Waals surface area contributed by atoms with Crippen molar-refractivity contribution in [2.45, 2.75) is 45.1 Å². The molecule has 13 heavy (non-hydrogen) atoms. The van der Waals surface area contributed by atoms with Crippen LogP contribution in [0.1, 0.15) is 39.5 Å². The van der Waals surface area contributed by atoms with E-state index in [1.54, 1.807) is 0 Å². The molecule has 0 aliphatic rings. The van der Waals surface area contributed by atoms with Gasteiger partial charge in [0.1, 0.15) is 6.61 Å². The summed E-state index contributed by atoms with van der Waals surface area (Å²) in [7, 11) is -2.45. The van der Waals surface area contributed by atoms with Gasteiger partial charge in [-0.2, -0.15) is 0 Å². The van der Waals surface area contributed by atoms with Gasteiger partial charge in [-0.05, 0) is 25.7 Å². The minimum atomic E-state index is -2.45. The van der Waals surface area contributed by atoms with Crippen LogP contribution in [0, 0.1) is 0 Å². The third-order valence-corrected chi connectivity index (χ3v) is 2.83. The minimum Gasteiger partial charge on any atom is -0.325 e. The average molecular weight is 208 g/mol. The second-order valence-corrected chi connectivity index (χ2v) is 3.98. The van der Waals surface area contributed by atoms with Crippen molar-refractivity contribution in [1.82, 2.24) is 0 Å². The van der Waals surface area contributed by atoms with Crippen molar-refractivity contribution in [3.8, 4) is 0 Å². The predicted octanol–water partition coefficient (Wildman–Crippen LogP) is 1.95. The number of hydrogen-bond acceptors (Lipinski definition) is 3. The maximum absolute atomic E-state index is 10.2. The molecule has 0 saturated heterocycles. The molecule has 5 heteroatoms. The van der Waals surface area contributed by atoms with E-state index in [-0.39, 0.29) is 5.54 Å². The zero-order valence-electron chi connectivity index (χ0n) is 8.32. The van der Waals surface area contributed by atoms with Crippen LogP contribution in [0.4, 0.5) is 0 Å². The molecular formula is C8H19NO3P+. The quantitative estimate of drug-likeness (QED) is 0.495. The Kier molecular flexibility index (Phi) is 6.43. The van der Waals surface area contributed by atoms with Crippen LogP contribution < -0.4 is 5.73 Å². The van der Waals surface area contributed by atoms with Crippen LogP contribution in [0.5, 0.6) is 0 Å². The molecule has 0 fully saturated rings. The third-order valence-electron chi connectivity index (χ3n) is 2.43. The molecular weight excluding hydrogens is 189 g/mol. The SMILES string of the molecule is CCC(N)(CC)CCCO[P+](=O)O. The zero-order chi connectivity index (χ0) is 10.3. The van der Waals surface area contributed by atoms with Gasteiger partial charge in [0.25, 0.3) is 0 Å². The Morgan fingerprint density at radius 3 is 2.38 bits per heavy atom. The molecule has 0 saturated carbocycles. The van der Waals surface area contributed by atoms with Crippen molar-refractivity contribution >= 4 is 8.25 Å². The lowest BCUT2D eigenvalue weighted by atomic mass is 9.89. The van der Waals surface area contributed by atoms with Crippen LogP contribution in [0.15, 0.2) is 0 Å². The van der Waals surface area contributed by atoms with Gasteiger partial charge in [0.2, 0.25) is 0 Å². The summed E-state index contributed by atoms with van der Waals surface area (Å²) >= 11 is 0. The summed E-state index contributed by atoms with van der Waals surface area (Å²) in [6.45, 7) is 4.42. The van der Waals surface area contributed by atoms with Crippen molar-refractivity contribution in [2.24, 2.45) is 5.73 Å². The van der Waals surface area contributed by atoms with Gasteiger partial charge in [0, 0.05) is 10.1 Å². The normalized spacial score (nSPS) is 13.1. The van der Waals surface area contributed by atoms with E-state index in [1.807, 2.05) is 0 Å². The zero-order valence-corrected chi connectivity index (χ0v) is 9.22. The predicted molar refractivity (Wildman–Crippen MR) is 52.5 cm³/mol. The van der Waals surface area contributed by atoms with Crippen molar-refractivity contribution < 1.29 is 14.0 Å². The maximum Gasteiger partial charge on any atom is 0.694 e. The second kappa shape index (κ2) is 6.44. The van der Waals surface area contributed by atoms with Crippen LogP contribution in [-0.4, -0.2) is 17.0 Å². The molecule has 0 aliphatic carbocycles. The van der Waals surface area contributed by atoms with Gasteiger partial charge < -0.3 is 5.73 Å². The molecule has 0 radical (unpaired) electrons. The van der Waals surface area contributed by atoms with Crippen LogP contribution in [0.25, 0.3) is 0 Å². The van der Waals surface area contributed by atoms with Crippen molar-refractivity contribution in [2.75, 3.05) is 6.61 Å². The Balaban J connectivity index is 3.55. The molecule has 0 bridgehead atoms. The molecule has 78 valence electrons. The lowest BCUT2D eigenvalue weighted by Gasteiger charge is -2.25. The van der Waals surface area contributed by atoms with E-state index in [9.17, 15) is 4.57 Å².